The van der Waals surface area contributed by atoms with Crippen molar-refractivity contribution in [3.05, 3.63) is 34.9 Å². The van der Waals surface area contributed by atoms with Crippen molar-refractivity contribution in [3.8, 4) is 0 Å². The van der Waals surface area contributed by atoms with Crippen LogP contribution in [0, 0.1) is 0 Å². The van der Waals surface area contributed by atoms with Crippen LogP contribution in [0.4, 0.5) is 0 Å². The Balaban J connectivity index is 1.51. The van der Waals surface area contributed by atoms with Crippen LogP contribution in [0.1, 0.15) is 24.5 Å². The fourth-order valence-corrected chi connectivity index (χ4v) is 3.40. The number of fused-ring (bicyclic) bond motifs is 1. The van der Waals surface area contributed by atoms with Gasteiger partial charge >= 0.3 is 0 Å². The number of benzene rings is 1. The number of carbonyl (C=O) groups is 1. The van der Waals surface area contributed by atoms with Crippen molar-refractivity contribution >= 4 is 17.5 Å². The van der Waals surface area contributed by atoms with Gasteiger partial charge in [0.25, 0.3) is 5.91 Å². The molecule has 2 aliphatic heterocycles. The summed E-state index contributed by atoms with van der Waals surface area (Å²) in [5, 5.41) is 13.2. The molecule has 1 aromatic carbocycles. The van der Waals surface area contributed by atoms with Crippen LogP contribution in [0.2, 0.25) is 5.02 Å². The molecule has 0 aromatic heterocycles. The van der Waals surface area contributed by atoms with Gasteiger partial charge in [-0.15, -0.1) is 0 Å². The second kappa shape index (κ2) is 6.96. The van der Waals surface area contributed by atoms with Gasteiger partial charge in [-0.3, -0.25) is 9.69 Å². The van der Waals surface area contributed by atoms with Gasteiger partial charge in [0.1, 0.15) is 0 Å². The molecule has 2 N–H and O–H groups in total. The van der Waals surface area contributed by atoms with Gasteiger partial charge in [0, 0.05) is 29.7 Å². The van der Waals surface area contributed by atoms with Crippen LogP contribution < -0.4 is 5.32 Å². The minimum Gasteiger partial charge on any atom is -0.378 e. The van der Waals surface area contributed by atoms with E-state index in [1.807, 2.05) is 0 Å². The van der Waals surface area contributed by atoms with Crippen LogP contribution >= 0.6 is 11.6 Å². The molecule has 0 spiro atoms. The van der Waals surface area contributed by atoms with E-state index < -0.39 is 12.0 Å². The van der Waals surface area contributed by atoms with Crippen molar-refractivity contribution in [1.82, 2.24) is 10.2 Å². The maximum Gasteiger partial charge on any atom is 0.253 e. The molecule has 2 saturated heterocycles. The van der Waals surface area contributed by atoms with Crippen LogP contribution in [-0.2, 0) is 9.53 Å². The van der Waals surface area contributed by atoms with Crippen molar-refractivity contribution in [2.24, 2.45) is 0 Å². The number of morpholine rings is 1. The number of nitrogens with one attached hydrogen (secondary N) is 1. The number of nitrogens with zero attached hydrogens (tertiary/aromatic N) is 1. The monoisotopic (exact) mass is 324 g/mol. The fourth-order valence-electron chi connectivity index (χ4n) is 3.16. The van der Waals surface area contributed by atoms with Crippen molar-refractivity contribution in [2.75, 3.05) is 26.2 Å². The first-order chi connectivity index (χ1) is 10.6. The van der Waals surface area contributed by atoms with E-state index in [-0.39, 0.29) is 6.10 Å². The number of hydrogen-bond acceptors (Lipinski definition) is 4. The molecule has 6 heteroatoms. The van der Waals surface area contributed by atoms with E-state index in [1.165, 1.54) is 12.8 Å². The van der Waals surface area contributed by atoms with E-state index in [4.69, 9.17) is 16.3 Å². The molecule has 0 bridgehead atoms. The van der Waals surface area contributed by atoms with Gasteiger partial charge in [-0.1, -0.05) is 29.8 Å². The Labute approximate surface area is 135 Å². The number of rotatable bonds is 4. The van der Waals surface area contributed by atoms with Crippen LogP contribution in [0.5, 0.6) is 0 Å². The Kier molecular flexibility index (Phi) is 4.98. The summed E-state index contributed by atoms with van der Waals surface area (Å²) in [5.41, 5.74) is 0.422. The van der Waals surface area contributed by atoms with Crippen molar-refractivity contribution in [3.63, 3.8) is 0 Å². The number of carbonyl (C=O) groups excluding carboxylic acids is 1. The van der Waals surface area contributed by atoms with E-state index in [0.29, 0.717) is 23.2 Å². The number of aliphatic hydroxyl groups is 1. The molecule has 22 heavy (non-hydrogen) atoms. The molecule has 0 aliphatic carbocycles. The molecule has 2 aliphatic rings. The molecule has 2 unspecified atom stereocenters. The summed E-state index contributed by atoms with van der Waals surface area (Å²) < 4.78 is 5.79. The average molecular weight is 325 g/mol. The second-order valence-electron chi connectivity index (χ2n) is 5.92. The molecule has 1 aromatic rings. The third kappa shape index (κ3) is 3.43. The zero-order valence-electron chi connectivity index (χ0n) is 12.4. The quantitative estimate of drug-likeness (QED) is 0.878. The molecule has 2 heterocycles. The second-order valence-corrected chi connectivity index (χ2v) is 6.32. The maximum absolute atomic E-state index is 12.1. The number of hydrogen-bond donors (Lipinski definition) is 2. The van der Waals surface area contributed by atoms with Crippen LogP contribution in [0.25, 0.3) is 0 Å². The number of halogens is 1. The van der Waals surface area contributed by atoms with Gasteiger partial charge in [-0.05, 0) is 25.5 Å². The standard InChI is InChI=1S/C16H21ClN2O3/c17-14-6-2-1-5-13(14)15(20)16(21)18-8-12-9-19-7-3-4-11(19)10-22-12/h1-2,5-6,11-12,15,20H,3-4,7-10H2,(H,18,21)/t11?,12?,15-/m1/s1. The third-order valence-corrected chi connectivity index (χ3v) is 4.76. The summed E-state index contributed by atoms with van der Waals surface area (Å²) in [6.07, 6.45) is 1.15. The summed E-state index contributed by atoms with van der Waals surface area (Å²) >= 11 is 6.00. The Morgan fingerprint density at radius 3 is 3.14 bits per heavy atom. The van der Waals surface area contributed by atoms with E-state index in [9.17, 15) is 9.90 Å². The van der Waals surface area contributed by atoms with Crippen molar-refractivity contribution in [1.29, 1.82) is 0 Å². The van der Waals surface area contributed by atoms with Crippen molar-refractivity contribution < 1.29 is 14.6 Å². The highest BCUT2D eigenvalue weighted by Crippen LogP contribution is 2.24. The van der Waals surface area contributed by atoms with Gasteiger partial charge in [0.15, 0.2) is 6.10 Å². The molecule has 1 amide bonds. The lowest BCUT2D eigenvalue weighted by atomic mass is 10.1. The van der Waals surface area contributed by atoms with E-state index in [0.717, 1.165) is 19.7 Å². The van der Waals surface area contributed by atoms with Gasteiger partial charge in [0.05, 0.1) is 12.7 Å². The van der Waals surface area contributed by atoms with Crippen molar-refractivity contribution in [2.45, 2.75) is 31.1 Å². The average Bonchev–Trinajstić information content (AvgIpc) is 3.00. The highest BCUT2D eigenvalue weighted by Gasteiger charge is 2.32. The molecule has 0 saturated carbocycles. The van der Waals surface area contributed by atoms with E-state index >= 15 is 0 Å². The Bertz CT molecular complexity index is 540. The minimum absolute atomic E-state index is 0.0169. The Hall–Kier alpha value is -1.14. The first kappa shape index (κ1) is 15.7. The molecular formula is C16H21ClN2O3. The molecule has 5 nitrogen and oxygen atoms in total. The highest BCUT2D eigenvalue weighted by molar-refractivity contribution is 6.31. The van der Waals surface area contributed by atoms with Gasteiger partial charge < -0.3 is 15.2 Å². The zero-order valence-corrected chi connectivity index (χ0v) is 13.1. The molecule has 2 fully saturated rings. The summed E-state index contributed by atoms with van der Waals surface area (Å²) in [6.45, 7) is 3.09. The van der Waals surface area contributed by atoms with Gasteiger partial charge in [0.2, 0.25) is 0 Å². The Morgan fingerprint density at radius 2 is 2.32 bits per heavy atom. The zero-order chi connectivity index (χ0) is 15.5. The minimum atomic E-state index is -1.25. The number of ether oxygens (including phenoxy) is 1. The Morgan fingerprint density at radius 1 is 1.50 bits per heavy atom. The van der Waals surface area contributed by atoms with E-state index in [2.05, 4.69) is 10.2 Å². The predicted molar refractivity (Wildman–Crippen MR) is 83.8 cm³/mol. The van der Waals surface area contributed by atoms with Crippen LogP contribution in [0.15, 0.2) is 24.3 Å². The first-order valence-electron chi connectivity index (χ1n) is 7.71. The lowest BCUT2D eigenvalue weighted by molar-refractivity contribution is -0.131. The number of aliphatic hydroxyl groups excluding tert-OH is 1. The smallest absolute Gasteiger partial charge is 0.253 e. The molecule has 120 valence electrons. The largest absolute Gasteiger partial charge is 0.378 e. The molecule has 3 rings (SSSR count). The predicted octanol–water partition coefficient (Wildman–Crippen LogP) is 1.35. The maximum atomic E-state index is 12.1. The van der Waals surface area contributed by atoms with E-state index in [1.54, 1.807) is 24.3 Å². The van der Waals surface area contributed by atoms with Gasteiger partial charge in [-0.2, -0.15) is 0 Å². The van der Waals surface area contributed by atoms with Crippen LogP contribution in [0.3, 0.4) is 0 Å². The summed E-state index contributed by atoms with van der Waals surface area (Å²) in [6, 6.07) is 7.36. The SMILES string of the molecule is O=C(NCC1CN2CCCC2CO1)[C@H](O)c1ccccc1Cl. The summed E-state index contributed by atoms with van der Waals surface area (Å²) in [7, 11) is 0. The molecular weight excluding hydrogens is 304 g/mol. The lowest BCUT2D eigenvalue weighted by Gasteiger charge is -2.35. The first-order valence-corrected chi connectivity index (χ1v) is 8.09. The lowest BCUT2D eigenvalue weighted by Crippen LogP contribution is -2.50. The summed E-state index contributed by atoms with van der Waals surface area (Å²) in [5.74, 6) is -0.444. The molecule has 3 atom stereocenters. The topological polar surface area (TPSA) is 61.8 Å². The fraction of sp³-hybridized carbons (Fsp3) is 0.562. The van der Waals surface area contributed by atoms with Crippen LogP contribution in [-0.4, -0.2) is 54.3 Å². The number of amides is 1. The normalized spacial score (nSPS) is 26.5. The third-order valence-electron chi connectivity index (χ3n) is 4.41. The highest BCUT2D eigenvalue weighted by atomic mass is 35.5. The van der Waals surface area contributed by atoms with Gasteiger partial charge in [-0.25, -0.2) is 0 Å². The molecule has 0 radical (unpaired) electrons. The summed E-state index contributed by atoms with van der Waals surface area (Å²) in [4.78, 5) is 14.5.